The van der Waals surface area contributed by atoms with E-state index in [2.05, 4.69) is 17.6 Å². The molecule has 1 unspecified atom stereocenters. The Morgan fingerprint density at radius 3 is 2.50 bits per heavy atom. The molecule has 1 atom stereocenters. The molecule has 0 fully saturated rings. The van der Waals surface area contributed by atoms with Gasteiger partial charge in [-0.05, 0) is 37.5 Å². The minimum atomic E-state index is -4.35. The number of halogens is 4. The topological polar surface area (TPSA) is 23.5 Å². The third-order valence-electron chi connectivity index (χ3n) is 3.82. The largest absolute Gasteiger partial charge is 0.423 e. The Labute approximate surface area is 148 Å². The van der Waals surface area contributed by atoms with Crippen LogP contribution in [-0.4, -0.2) is 42.3 Å². The molecule has 1 N–H and O–H groups in total. The maximum Gasteiger partial charge on any atom is 0.423 e. The van der Waals surface area contributed by atoms with Gasteiger partial charge >= 0.3 is 6.18 Å². The van der Waals surface area contributed by atoms with Crippen LogP contribution >= 0.6 is 11.6 Å². The van der Waals surface area contributed by atoms with Gasteiger partial charge in [0.15, 0.2) is 0 Å². The molecule has 1 aliphatic carbocycles. The van der Waals surface area contributed by atoms with Gasteiger partial charge in [0.2, 0.25) is 0 Å². The van der Waals surface area contributed by atoms with Gasteiger partial charge in [-0.1, -0.05) is 19.4 Å². The van der Waals surface area contributed by atoms with E-state index in [0.717, 1.165) is 44.8 Å². The number of rotatable bonds is 7. The molecule has 0 saturated heterocycles. The van der Waals surface area contributed by atoms with Crippen molar-refractivity contribution in [2.24, 2.45) is 5.92 Å². The van der Waals surface area contributed by atoms with E-state index in [4.69, 9.17) is 16.7 Å². The van der Waals surface area contributed by atoms with Gasteiger partial charge in [0.1, 0.15) is 0 Å². The van der Waals surface area contributed by atoms with Crippen molar-refractivity contribution < 1.29 is 18.3 Å². The molecule has 0 amide bonds. The highest BCUT2D eigenvalue weighted by molar-refractivity contribution is 6.18. The summed E-state index contributed by atoms with van der Waals surface area (Å²) in [6, 6.07) is 0. The van der Waals surface area contributed by atoms with Crippen LogP contribution in [0.25, 0.3) is 0 Å². The molecule has 1 rings (SSSR count). The molecule has 0 saturated carbocycles. The van der Waals surface area contributed by atoms with E-state index in [0.29, 0.717) is 18.2 Å². The molecular weight excluding hydrogens is 339 g/mol. The van der Waals surface area contributed by atoms with Gasteiger partial charge in [-0.3, -0.25) is 0 Å². The summed E-state index contributed by atoms with van der Waals surface area (Å²) in [5.41, 5.74) is 2.59. The quantitative estimate of drug-likeness (QED) is 0.503. The Hall–Kier alpha value is -1.16. The number of allylic oxidation sites excluding steroid dienone is 4. The first-order valence-electron chi connectivity index (χ1n) is 8.07. The molecule has 0 aromatic carbocycles. The molecule has 0 aromatic rings. The molecule has 0 aromatic heterocycles. The second-order valence-corrected chi connectivity index (χ2v) is 5.59. The Morgan fingerprint density at radius 1 is 1.33 bits per heavy atom. The molecular formula is C18H27ClF3NO. The van der Waals surface area contributed by atoms with Crippen LogP contribution in [0.4, 0.5) is 13.2 Å². The van der Waals surface area contributed by atoms with Gasteiger partial charge in [0, 0.05) is 38.2 Å². The Morgan fingerprint density at radius 2 is 2.00 bits per heavy atom. The van der Waals surface area contributed by atoms with E-state index in [-0.39, 0.29) is 0 Å². The molecule has 138 valence electrons. The fraction of sp³-hybridized carbons (Fsp3) is 0.611. The molecule has 0 aliphatic heterocycles. The molecule has 0 bridgehead atoms. The number of aliphatic hydroxyl groups excluding tert-OH is 1. The molecule has 0 spiro atoms. The summed E-state index contributed by atoms with van der Waals surface area (Å²) in [5.74, 6) is 1.12. The smallest absolute Gasteiger partial charge is 0.400 e. The lowest BCUT2D eigenvalue weighted by atomic mass is 10.0. The Balaban J connectivity index is 0.00000254. The van der Waals surface area contributed by atoms with Crippen molar-refractivity contribution in [1.29, 1.82) is 0 Å². The monoisotopic (exact) mass is 365 g/mol. The highest BCUT2D eigenvalue weighted by Gasteiger charge is 2.31. The molecule has 0 heterocycles. The summed E-state index contributed by atoms with van der Waals surface area (Å²) in [6.07, 6.45) is 3.91. The van der Waals surface area contributed by atoms with Crippen molar-refractivity contribution in [2.45, 2.75) is 39.3 Å². The van der Waals surface area contributed by atoms with Crippen molar-refractivity contribution in [1.82, 2.24) is 4.90 Å². The Bertz CT molecular complexity index is 473. The lowest BCUT2D eigenvalue weighted by Gasteiger charge is -2.27. The van der Waals surface area contributed by atoms with Crippen molar-refractivity contribution in [3.63, 3.8) is 0 Å². The van der Waals surface area contributed by atoms with E-state index >= 15 is 0 Å². The maximum atomic E-state index is 12.6. The standard InChI is InChI=1S/C17H23ClF3N.CH4O/c1-3-14(13-18)11-12-22(4-2)16-9-5-7-15(8-6-10-16)17(19,20)21;1-2/h5-7,10,14H,3-4,9,11-13H2,1-2H3;2H,1H3/b7-5-,16-10+;. The first-order chi connectivity index (χ1) is 11.4. The lowest BCUT2D eigenvalue weighted by molar-refractivity contribution is -0.0880. The van der Waals surface area contributed by atoms with Crippen LogP contribution in [0.15, 0.2) is 41.3 Å². The van der Waals surface area contributed by atoms with Crippen LogP contribution in [0.3, 0.4) is 0 Å². The zero-order valence-electron chi connectivity index (χ0n) is 14.5. The van der Waals surface area contributed by atoms with Crippen molar-refractivity contribution in [3.05, 3.63) is 41.3 Å². The summed E-state index contributed by atoms with van der Waals surface area (Å²) >= 11 is 5.92. The molecule has 1 aliphatic rings. The number of alkyl halides is 4. The van der Waals surface area contributed by atoms with Crippen LogP contribution in [0.5, 0.6) is 0 Å². The van der Waals surface area contributed by atoms with Crippen LogP contribution in [0, 0.1) is 5.92 Å². The van der Waals surface area contributed by atoms with E-state index in [1.807, 2.05) is 6.92 Å². The first kappa shape index (κ1) is 22.8. The maximum absolute atomic E-state index is 12.6. The average molecular weight is 366 g/mol. The number of hydrogen-bond donors (Lipinski definition) is 1. The summed E-state index contributed by atoms with van der Waals surface area (Å²) in [6.45, 7) is 5.85. The van der Waals surface area contributed by atoms with Crippen LogP contribution in [-0.2, 0) is 0 Å². The zero-order valence-corrected chi connectivity index (χ0v) is 15.3. The zero-order chi connectivity index (χ0) is 18.6. The summed E-state index contributed by atoms with van der Waals surface area (Å²) in [7, 11) is 1.00. The number of aliphatic hydroxyl groups is 1. The molecule has 0 radical (unpaired) electrons. The van der Waals surface area contributed by atoms with Gasteiger partial charge < -0.3 is 10.0 Å². The normalized spacial score (nSPS) is 19.0. The highest BCUT2D eigenvalue weighted by Crippen LogP contribution is 2.27. The van der Waals surface area contributed by atoms with Gasteiger partial charge in [0.25, 0.3) is 0 Å². The van der Waals surface area contributed by atoms with Crippen LogP contribution in [0.1, 0.15) is 33.1 Å². The van der Waals surface area contributed by atoms with E-state index in [1.165, 1.54) is 6.08 Å². The predicted octanol–water partition coefficient (Wildman–Crippen LogP) is 5.06. The van der Waals surface area contributed by atoms with Crippen LogP contribution in [0.2, 0.25) is 0 Å². The van der Waals surface area contributed by atoms with Gasteiger partial charge in [0.05, 0.1) is 5.57 Å². The second-order valence-electron chi connectivity index (χ2n) is 5.28. The summed E-state index contributed by atoms with van der Waals surface area (Å²) < 4.78 is 37.9. The third kappa shape index (κ3) is 8.09. The second kappa shape index (κ2) is 12.2. The minimum absolute atomic E-state index is 0.479. The Kier molecular flexibility index (Phi) is 11.6. The van der Waals surface area contributed by atoms with Crippen molar-refractivity contribution in [3.8, 4) is 0 Å². The van der Waals surface area contributed by atoms with Crippen molar-refractivity contribution >= 4 is 11.6 Å². The molecule has 24 heavy (non-hydrogen) atoms. The lowest BCUT2D eigenvalue weighted by Crippen LogP contribution is -2.26. The molecule has 2 nitrogen and oxygen atoms in total. The number of hydrogen-bond acceptors (Lipinski definition) is 2. The van der Waals surface area contributed by atoms with E-state index in [1.54, 1.807) is 12.2 Å². The predicted molar refractivity (Wildman–Crippen MR) is 94.0 cm³/mol. The number of nitrogens with zero attached hydrogens (tertiary/aromatic N) is 1. The average Bonchev–Trinajstić information content (AvgIpc) is 2.53. The summed E-state index contributed by atoms with van der Waals surface area (Å²) in [5, 5.41) is 7.00. The molecule has 6 heteroatoms. The van der Waals surface area contributed by atoms with Gasteiger partial charge in [-0.25, -0.2) is 0 Å². The first-order valence-corrected chi connectivity index (χ1v) is 8.61. The van der Waals surface area contributed by atoms with Gasteiger partial charge in [-0.15, -0.1) is 17.3 Å². The van der Waals surface area contributed by atoms with Crippen molar-refractivity contribution in [2.75, 3.05) is 26.1 Å². The summed E-state index contributed by atoms with van der Waals surface area (Å²) in [4.78, 5) is 2.19. The highest BCUT2D eigenvalue weighted by atomic mass is 35.5. The third-order valence-corrected chi connectivity index (χ3v) is 4.26. The minimum Gasteiger partial charge on any atom is -0.400 e. The van der Waals surface area contributed by atoms with Gasteiger partial charge in [-0.2, -0.15) is 13.2 Å². The van der Waals surface area contributed by atoms with E-state index < -0.39 is 11.7 Å². The fourth-order valence-corrected chi connectivity index (χ4v) is 2.66. The fourth-order valence-electron chi connectivity index (χ4n) is 2.29. The van der Waals surface area contributed by atoms with Crippen LogP contribution < -0.4 is 0 Å². The SMILES string of the molecule is CCC(CCl)CCN(CC)/C1=C/C=C=C(C(F)(F)F)/C=C\C1.CO. The van der Waals surface area contributed by atoms with E-state index in [9.17, 15) is 13.2 Å².